The molecule has 8 nitrogen and oxygen atoms in total. The Morgan fingerprint density at radius 3 is 2.27 bits per heavy atom. The van der Waals surface area contributed by atoms with Gasteiger partial charge in [-0.2, -0.15) is 10.0 Å². The van der Waals surface area contributed by atoms with Crippen molar-refractivity contribution in [3.8, 4) is 25.7 Å². The van der Waals surface area contributed by atoms with Gasteiger partial charge in [-0.1, -0.05) is 38.1 Å². The monoisotopic (exact) mass is 577 g/mol. The lowest BCUT2D eigenvalue weighted by molar-refractivity contribution is -0.371. The van der Waals surface area contributed by atoms with Crippen LogP contribution in [0.5, 0.6) is 0 Å². The Bertz CT molecular complexity index is 998. The average Bonchev–Trinajstić information content (AvgIpc) is 3.18. The number of halogens is 1. The predicted octanol–water partition coefficient (Wildman–Crippen LogP) is 5.60. The van der Waals surface area contributed by atoms with E-state index in [1.807, 2.05) is 12.2 Å². The van der Waals surface area contributed by atoms with Crippen molar-refractivity contribution < 1.29 is 29.6 Å². The van der Waals surface area contributed by atoms with Crippen LogP contribution in [0.25, 0.3) is 0 Å². The molecule has 0 aliphatic heterocycles. The number of aliphatic hydroxyl groups is 2. The fourth-order valence-electron chi connectivity index (χ4n) is 7.53. The van der Waals surface area contributed by atoms with Crippen molar-refractivity contribution in [1.29, 1.82) is 0 Å². The second-order valence-corrected chi connectivity index (χ2v) is 12.0. The first-order valence-corrected chi connectivity index (χ1v) is 13.5. The molecule has 0 saturated heterocycles. The summed E-state index contributed by atoms with van der Waals surface area (Å²) in [6.45, 7) is 9.68. The molecule has 9 heteroatoms. The molecule has 3 N–H and O–H groups in total. The van der Waals surface area contributed by atoms with Gasteiger partial charge in [-0.05, 0) is 81.4 Å². The molecule has 3 fully saturated rings. The summed E-state index contributed by atoms with van der Waals surface area (Å²) in [5.74, 6) is -0.432. The van der Waals surface area contributed by atoms with Gasteiger partial charge in [0.1, 0.15) is 5.71 Å². The van der Waals surface area contributed by atoms with Gasteiger partial charge in [-0.3, -0.25) is 0 Å². The number of allylic oxidation sites excluding steroid dienone is 4. The summed E-state index contributed by atoms with van der Waals surface area (Å²) < 4.78 is 19.3. The van der Waals surface area contributed by atoms with Crippen LogP contribution in [0.3, 0.4) is 0 Å². The third-order valence-electron chi connectivity index (χ3n) is 9.21. The minimum atomic E-state index is -1.31. The number of fused-ring (bicyclic) bond motifs is 5. The summed E-state index contributed by atoms with van der Waals surface area (Å²) in [5, 5.41) is 37.4. The highest BCUT2D eigenvalue weighted by molar-refractivity contribution is 6.05. The largest absolute Gasteiger partial charge is 0.410 e. The highest BCUT2D eigenvalue weighted by atomic mass is 19.3. The van der Waals surface area contributed by atoms with Gasteiger partial charge < -0.3 is 25.2 Å². The molecule has 232 valence electrons. The van der Waals surface area contributed by atoms with Gasteiger partial charge in [0, 0.05) is 37.1 Å². The molecular formula is C32H52FN3O5. The Kier molecular flexibility index (Phi) is 14.5. The number of aliphatic hydroxyl groups excluding tert-OH is 2. The summed E-state index contributed by atoms with van der Waals surface area (Å²) in [7, 11) is 3.60. The average molecular weight is 578 g/mol. The predicted molar refractivity (Wildman–Crippen MR) is 164 cm³/mol. The number of oxime groups is 1. The van der Waals surface area contributed by atoms with Gasteiger partial charge in [0.15, 0.2) is 0 Å². The maximum atomic E-state index is 13.1. The second kappa shape index (κ2) is 15.5. The Hall–Kier alpha value is -2.69. The Morgan fingerprint density at radius 2 is 1.78 bits per heavy atom. The van der Waals surface area contributed by atoms with Crippen molar-refractivity contribution >= 4 is 11.9 Å². The number of hydrazone groups is 1. The molecule has 0 heterocycles. The maximum absolute atomic E-state index is 13.1. The van der Waals surface area contributed by atoms with Gasteiger partial charge in [-0.15, -0.1) is 25.7 Å². The maximum Gasteiger partial charge on any atom is 0.201 e. The Morgan fingerprint density at radius 1 is 1.17 bits per heavy atom. The van der Waals surface area contributed by atoms with Gasteiger partial charge in [-0.25, -0.2) is 0 Å². The minimum Gasteiger partial charge on any atom is -0.410 e. The molecule has 7 atom stereocenters. The zero-order valence-corrected chi connectivity index (χ0v) is 25.0. The van der Waals surface area contributed by atoms with Gasteiger partial charge >= 0.3 is 0 Å². The first kappa shape index (κ1) is 38.3. The number of terminal acetylenes is 2. The zero-order chi connectivity index (χ0) is 30.9. The van der Waals surface area contributed by atoms with Gasteiger partial charge in [0.2, 0.25) is 5.79 Å². The first-order valence-electron chi connectivity index (χ1n) is 13.5. The van der Waals surface area contributed by atoms with Crippen LogP contribution in [0, 0.1) is 54.3 Å². The van der Waals surface area contributed by atoms with E-state index in [0.717, 1.165) is 25.7 Å². The van der Waals surface area contributed by atoms with Crippen molar-refractivity contribution in [2.24, 2.45) is 38.8 Å². The number of rotatable bonds is 5. The van der Waals surface area contributed by atoms with Crippen LogP contribution in [-0.4, -0.2) is 70.5 Å². The molecular weight excluding hydrogens is 525 g/mol. The topological polar surface area (TPSA) is 107 Å². The van der Waals surface area contributed by atoms with Crippen molar-refractivity contribution in [3.05, 3.63) is 23.8 Å². The van der Waals surface area contributed by atoms with Crippen LogP contribution in [0.1, 0.15) is 74.1 Å². The van der Waals surface area contributed by atoms with E-state index in [2.05, 4.69) is 67.7 Å². The quantitative estimate of drug-likeness (QED) is 0.129. The molecule has 0 radical (unpaired) electrons. The molecule has 0 spiro atoms. The van der Waals surface area contributed by atoms with Crippen LogP contribution in [-0.2, 0) is 9.68 Å². The summed E-state index contributed by atoms with van der Waals surface area (Å²) in [5.41, 5.74) is 0.757. The molecule has 3 saturated carbocycles. The number of hydrogen-bond donors (Lipinski definition) is 3. The van der Waals surface area contributed by atoms with Gasteiger partial charge in [0.25, 0.3) is 0 Å². The molecule has 0 aromatic rings. The van der Waals surface area contributed by atoms with Crippen LogP contribution >= 0.6 is 0 Å². The van der Waals surface area contributed by atoms with Crippen LogP contribution in [0.4, 0.5) is 4.53 Å². The summed E-state index contributed by atoms with van der Waals surface area (Å²) in [4.78, 5) is 4.10. The molecule has 41 heavy (non-hydrogen) atoms. The zero-order valence-electron chi connectivity index (χ0n) is 25.0. The van der Waals surface area contributed by atoms with E-state index in [9.17, 15) is 9.63 Å². The lowest BCUT2D eigenvalue weighted by Crippen LogP contribution is -2.60. The molecule has 0 aromatic carbocycles. The molecule has 4 aliphatic carbocycles. The summed E-state index contributed by atoms with van der Waals surface area (Å²) >= 11 is 0. The second-order valence-electron chi connectivity index (χ2n) is 12.0. The van der Waals surface area contributed by atoms with Crippen LogP contribution < -0.4 is 0 Å². The summed E-state index contributed by atoms with van der Waals surface area (Å²) in [6, 6.07) is 0. The smallest absolute Gasteiger partial charge is 0.201 e. The number of ether oxygens (including phenoxy) is 1. The van der Waals surface area contributed by atoms with Crippen LogP contribution in [0.15, 0.2) is 34.1 Å². The number of hydrogen-bond acceptors (Lipinski definition) is 8. The standard InChI is InChI=1S/C23H34FNO4.C4H10N2O.2C2H2.CH4/c1-20(2,29-24)28-23(5)11-9-17-16-7-6-14-12-15(25-27)8-10-21(14,3)19(16)18(26)13-22(17,23)4;1-6(2)5-3-4-7;2*1-2;/h8,10,12,16-19,26-27H,6-7,9,11,13H2,1-5H3;3,7H,4H2,1-2H3;2*1-2H;1H4/b25-15+;5-3+;;;/t16?,17?,18?,19?,21?,22?,23-;;;;/m1..../s1. The third-order valence-corrected chi connectivity index (χ3v) is 9.21. The van der Waals surface area contributed by atoms with E-state index in [0.29, 0.717) is 24.0 Å². The fraction of sp³-hybridized carbons (Fsp3) is 0.688. The first-order chi connectivity index (χ1) is 18.8. The van der Waals surface area contributed by atoms with E-state index in [1.54, 1.807) is 33.0 Å². The lowest BCUT2D eigenvalue weighted by Gasteiger charge is -2.60. The molecule has 0 amide bonds. The van der Waals surface area contributed by atoms with Crippen molar-refractivity contribution in [2.75, 3.05) is 20.7 Å². The van der Waals surface area contributed by atoms with E-state index in [1.165, 1.54) is 11.8 Å². The lowest BCUT2D eigenvalue weighted by atomic mass is 9.46. The van der Waals surface area contributed by atoms with Gasteiger partial charge in [0.05, 0.1) is 18.3 Å². The Balaban J connectivity index is 0.00000116. The SMILES string of the molecule is C.C#C.C#C.CC(C)(OF)O[C@]1(C)CCC2C3CCC4=C/C(=N/O)C=CC4(C)C3C(O)CC21C.CN(C)/N=C/CO. The minimum absolute atomic E-state index is 0. The van der Waals surface area contributed by atoms with E-state index in [4.69, 9.17) is 15.1 Å². The third kappa shape index (κ3) is 7.78. The molecule has 0 aromatic heterocycles. The molecule has 4 aliphatic rings. The molecule has 0 bridgehead atoms. The van der Waals surface area contributed by atoms with Crippen molar-refractivity contribution in [1.82, 2.24) is 5.01 Å². The molecule has 4 rings (SSSR count). The number of nitrogens with zero attached hydrogens (tertiary/aromatic N) is 3. The highest BCUT2D eigenvalue weighted by Crippen LogP contribution is 2.68. The Labute approximate surface area is 247 Å². The molecule has 6 unspecified atom stereocenters. The van der Waals surface area contributed by atoms with E-state index >= 15 is 0 Å². The van der Waals surface area contributed by atoms with E-state index < -0.39 is 17.5 Å². The fourth-order valence-corrected chi connectivity index (χ4v) is 7.53. The summed E-state index contributed by atoms with van der Waals surface area (Å²) in [6.07, 6.45) is 27.3. The normalized spacial score (nSPS) is 35.9. The van der Waals surface area contributed by atoms with Crippen LogP contribution in [0.2, 0.25) is 0 Å². The van der Waals surface area contributed by atoms with E-state index in [-0.39, 0.29) is 30.8 Å². The van der Waals surface area contributed by atoms with Crippen molar-refractivity contribution in [3.63, 3.8) is 0 Å². The van der Waals surface area contributed by atoms with Crippen molar-refractivity contribution in [2.45, 2.75) is 91.6 Å². The highest BCUT2D eigenvalue weighted by Gasteiger charge is 2.66.